The SMILES string of the molecule is NC1CCC(NS(=O)(=O)C2CCCCC2)CC1. The Bertz CT molecular complexity index is 328. The zero-order valence-electron chi connectivity index (χ0n) is 10.4. The lowest BCUT2D eigenvalue weighted by Gasteiger charge is -2.29. The minimum atomic E-state index is -3.09. The summed E-state index contributed by atoms with van der Waals surface area (Å²) in [5, 5.41) is -0.146. The van der Waals surface area contributed by atoms with E-state index < -0.39 is 10.0 Å². The van der Waals surface area contributed by atoms with Gasteiger partial charge in [0, 0.05) is 12.1 Å². The molecule has 0 saturated heterocycles. The first kappa shape index (κ1) is 13.3. The van der Waals surface area contributed by atoms with E-state index in [9.17, 15) is 8.42 Å². The Morgan fingerprint density at radius 1 is 0.882 bits per heavy atom. The molecule has 0 heterocycles. The van der Waals surface area contributed by atoms with E-state index in [0.29, 0.717) is 0 Å². The molecule has 0 unspecified atom stereocenters. The first-order chi connectivity index (χ1) is 8.08. The first-order valence-corrected chi connectivity index (χ1v) is 8.39. The van der Waals surface area contributed by atoms with Crippen LogP contribution in [0.5, 0.6) is 0 Å². The number of sulfonamides is 1. The molecule has 0 aromatic rings. The van der Waals surface area contributed by atoms with Crippen molar-refractivity contribution in [2.75, 3.05) is 0 Å². The molecule has 0 radical (unpaired) electrons. The Balaban J connectivity index is 1.88. The fraction of sp³-hybridized carbons (Fsp3) is 1.00. The highest BCUT2D eigenvalue weighted by molar-refractivity contribution is 7.90. The van der Waals surface area contributed by atoms with Gasteiger partial charge in [0.25, 0.3) is 0 Å². The Labute approximate surface area is 104 Å². The number of hydrogen-bond donors (Lipinski definition) is 2. The van der Waals surface area contributed by atoms with Gasteiger partial charge in [-0.15, -0.1) is 0 Å². The summed E-state index contributed by atoms with van der Waals surface area (Å²) >= 11 is 0. The number of nitrogens with two attached hydrogens (primary N) is 1. The largest absolute Gasteiger partial charge is 0.328 e. The van der Waals surface area contributed by atoms with Gasteiger partial charge < -0.3 is 5.73 Å². The van der Waals surface area contributed by atoms with E-state index >= 15 is 0 Å². The van der Waals surface area contributed by atoms with E-state index in [1.165, 1.54) is 6.42 Å². The molecule has 0 aromatic heterocycles. The van der Waals surface area contributed by atoms with Crippen LogP contribution in [-0.4, -0.2) is 25.8 Å². The summed E-state index contributed by atoms with van der Waals surface area (Å²) in [4.78, 5) is 0. The van der Waals surface area contributed by atoms with E-state index in [0.717, 1.165) is 51.4 Å². The van der Waals surface area contributed by atoms with Gasteiger partial charge in [0.2, 0.25) is 10.0 Å². The van der Waals surface area contributed by atoms with Gasteiger partial charge in [-0.1, -0.05) is 19.3 Å². The summed E-state index contributed by atoms with van der Waals surface area (Å²) in [6, 6.07) is 0.396. The third-order valence-electron chi connectivity index (χ3n) is 4.09. The standard InChI is InChI=1S/C12H24N2O2S/c13-10-6-8-11(9-7-10)14-17(15,16)12-4-2-1-3-5-12/h10-12,14H,1-9,13H2. The van der Waals surface area contributed by atoms with Crippen molar-refractivity contribution in [3.8, 4) is 0 Å². The fourth-order valence-corrected chi connectivity index (χ4v) is 4.79. The van der Waals surface area contributed by atoms with Gasteiger partial charge in [-0.3, -0.25) is 0 Å². The maximum absolute atomic E-state index is 12.2. The molecule has 100 valence electrons. The van der Waals surface area contributed by atoms with Crippen molar-refractivity contribution in [3.05, 3.63) is 0 Å². The first-order valence-electron chi connectivity index (χ1n) is 6.84. The number of nitrogens with one attached hydrogen (secondary N) is 1. The molecule has 2 fully saturated rings. The minimum Gasteiger partial charge on any atom is -0.328 e. The van der Waals surface area contributed by atoms with Gasteiger partial charge in [0.1, 0.15) is 0 Å². The van der Waals surface area contributed by atoms with Crippen molar-refractivity contribution < 1.29 is 8.42 Å². The Morgan fingerprint density at radius 2 is 1.47 bits per heavy atom. The zero-order valence-corrected chi connectivity index (χ0v) is 11.2. The summed E-state index contributed by atoms with van der Waals surface area (Å²) in [5.74, 6) is 0. The van der Waals surface area contributed by atoms with Gasteiger partial charge in [0.15, 0.2) is 0 Å². The summed E-state index contributed by atoms with van der Waals surface area (Å²) in [7, 11) is -3.09. The van der Waals surface area contributed by atoms with Crippen LogP contribution in [-0.2, 0) is 10.0 Å². The summed E-state index contributed by atoms with van der Waals surface area (Å²) in [6.45, 7) is 0. The highest BCUT2D eigenvalue weighted by Gasteiger charge is 2.30. The molecule has 2 rings (SSSR count). The molecule has 4 nitrogen and oxygen atoms in total. The van der Waals surface area contributed by atoms with Gasteiger partial charge in [-0.2, -0.15) is 0 Å². The lowest BCUT2D eigenvalue weighted by atomic mass is 9.93. The lowest BCUT2D eigenvalue weighted by Crippen LogP contribution is -2.44. The molecule has 2 aliphatic carbocycles. The molecular weight excluding hydrogens is 236 g/mol. The molecule has 2 saturated carbocycles. The van der Waals surface area contributed by atoms with Crippen LogP contribution in [0.1, 0.15) is 57.8 Å². The molecule has 17 heavy (non-hydrogen) atoms. The van der Waals surface area contributed by atoms with E-state index in [1.54, 1.807) is 0 Å². The monoisotopic (exact) mass is 260 g/mol. The highest BCUT2D eigenvalue weighted by Crippen LogP contribution is 2.25. The van der Waals surface area contributed by atoms with Crippen LogP contribution in [0, 0.1) is 0 Å². The highest BCUT2D eigenvalue weighted by atomic mass is 32.2. The predicted molar refractivity (Wildman–Crippen MR) is 69.2 cm³/mol. The molecule has 3 N–H and O–H groups in total. The third kappa shape index (κ3) is 3.66. The molecule has 5 heteroatoms. The molecular formula is C12H24N2O2S. The second-order valence-corrected chi connectivity index (χ2v) is 7.53. The van der Waals surface area contributed by atoms with E-state index in [4.69, 9.17) is 5.73 Å². The van der Waals surface area contributed by atoms with Gasteiger partial charge in [0.05, 0.1) is 5.25 Å². The Morgan fingerprint density at radius 3 is 2.06 bits per heavy atom. The molecule has 0 aliphatic heterocycles. The fourth-order valence-electron chi connectivity index (χ4n) is 2.94. The molecule has 0 aromatic carbocycles. The van der Waals surface area contributed by atoms with E-state index in [-0.39, 0.29) is 17.3 Å². The zero-order chi connectivity index (χ0) is 12.3. The lowest BCUT2D eigenvalue weighted by molar-refractivity contribution is 0.369. The normalized spacial score (nSPS) is 32.5. The molecule has 2 aliphatic rings. The van der Waals surface area contributed by atoms with Crippen LogP contribution in [0.4, 0.5) is 0 Å². The quantitative estimate of drug-likeness (QED) is 0.808. The second-order valence-electron chi connectivity index (χ2n) is 5.53. The van der Waals surface area contributed by atoms with Crippen LogP contribution in [0.3, 0.4) is 0 Å². The van der Waals surface area contributed by atoms with Crippen LogP contribution in [0.2, 0.25) is 0 Å². The maximum atomic E-state index is 12.2. The molecule has 0 spiro atoms. The van der Waals surface area contributed by atoms with E-state index in [2.05, 4.69) is 4.72 Å². The average molecular weight is 260 g/mol. The Kier molecular flexibility index (Phi) is 4.44. The van der Waals surface area contributed by atoms with Crippen LogP contribution in [0.15, 0.2) is 0 Å². The third-order valence-corrected chi connectivity index (χ3v) is 6.10. The Hall–Kier alpha value is -0.130. The van der Waals surface area contributed by atoms with Crippen molar-refractivity contribution in [2.45, 2.75) is 75.1 Å². The van der Waals surface area contributed by atoms with Crippen LogP contribution in [0.25, 0.3) is 0 Å². The maximum Gasteiger partial charge on any atom is 0.214 e. The minimum absolute atomic E-state index is 0.127. The van der Waals surface area contributed by atoms with Crippen molar-refractivity contribution in [2.24, 2.45) is 5.73 Å². The van der Waals surface area contributed by atoms with Crippen LogP contribution >= 0.6 is 0 Å². The average Bonchev–Trinajstić information content (AvgIpc) is 2.33. The number of rotatable bonds is 3. The molecule has 0 atom stereocenters. The summed E-state index contributed by atoms with van der Waals surface area (Å²) in [6.07, 6.45) is 8.64. The topological polar surface area (TPSA) is 72.2 Å². The molecule has 0 bridgehead atoms. The van der Waals surface area contributed by atoms with Gasteiger partial charge in [-0.05, 0) is 38.5 Å². The van der Waals surface area contributed by atoms with Gasteiger partial charge >= 0.3 is 0 Å². The second kappa shape index (κ2) is 5.67. The van der Waals surface area contributed by atoms with Crippen molar-refractivity contribution in [1.29, 1.82) is 0 Å². The smallest absolute Gasteiger partial charge is 0.214 e. The number of hydrogen-bond acceptors (Lipinski definition) is 3. The van der Waals surface area contributed by atoms with Crippen molar-refractivity contribution in [1.82, 2.24) is 4.72 Å². The van der Waals surface area contributed by atoms with E-state index in [1.807, 2.05) is 0 Å². The van der Waals surface area contributed by atoms with Crippen molar-refractivity contribution in [3.63, 3.8) is 0 Å². The molecule has 0 amide bonds. The summed E-state index contributed by atoms with van der Waals surface area (Å²) < 4.78 is 27.3. The van der Waals surface area contributed by atoms with Crippen LogP contribution < -0.4 is 10.5 Å². The predicted octanol–water partition coefficient (Wildman–Crippen LogP) is 1.51. The van der Waals surface area contributed by atoms with Crippen molar-refractivity contribution >= 4 is 10.0 Å². The summed E-state index contributed by atoms with van der Waals surface area (Å²) in [5.41, 5.74) is 5.83. The van der Waals surface area contributed by atoms with Gasteiger partial charge in [-0.25, -0.2) is 13.1 Å².